The maximum absolute atomic E-state index is 5.90. The molecule has 6 aromatic rings. The SMILES string of the molecule is c1cncc(-c2nc3cc(Nc4nc(-c5ccncc5)cc5ncccc45)ccc3o2)c1. The van der Waals surface area contributed by atoms with Crippen LogP contribution < -0.4 is 5.32 Å². The molecular formula is C25H16N6O. The normalized spacial score (nSPS) is 11.1. The molecule has 1 N–H and O–H groups in total. The van der Waals surface area contributed by atoms with Gasteiger partial charge in [-0.25, -0.2) is 9.97 Å². The third-order valence-corrected chi connectivity index (χ3v) is 5.13. The lowest BCUT2D eigenvalue weighted by molar-refractivity contribution is 0.619. The lowest BCUT2D eigenvalue weighted by Gasteiger charge is -2.11. The fraction of sp³-hybridized carbons (Fsp3) is 0. The van der Waals surface area contributed by atoms with Gasteiger partial charge in [-0.3, -0.25) is 15.0 Å². The molecule has 0 aliphatic heterocycles. The number of nitrogens with one attached hydrogen (secondary N) is 1. The van der Waals surface area contributed by atoms with E-state index in [-0.39, 0.29) is 0 Å². The van der Waals surface area contributed by atoms with Crippen molar-refractivity contribution in [1.82, 2.24) is 24.9 Å². The number of benzene rings is 1. The lowest BCUT2D eigenvalue weighted by atomic mass is 10.1. The number of aromatic nitrogens is 5. The maximum atomic E-state index is 5.90. The summed E-state index contributed by atoms with van der Waals surface area (Å²) >= 11 is 0. The third-order valence-electron chi connectivity index (χ3n) is 5.13. The molecule has 0 saturated heterocycles. The number of hydrogen-bond acceptors (Lipinski definition) is 7. The van der Waals surface area contributed by atoms with Crippen molar-refractivity contribution in [2.24, 2.45) is 0 Å². The Kier molecular flexibility index (Phi) is 4.28. The van der Waals surface area contributed by atoms with Gasteiger partial charge in [-0.2, -0.15) is 0 Å². The van der Waals surface area contributed by atoms with Gasteiger partial charge in [0.05, 0.1) is 16.8 Å². The number of hydrogen-bond donors (Lipinski definition) is 1. The van der Waals surface area contributed by atoms with Gasteiger partial charge in [-0.1, -0.05) is 0 Å². The van der Waals surface area contributed by atoms with Gasteiger partial charge >= 0.3 is 0 Å². The number of rotatable bonds is 4. The summed E-state index contributed by atoms with van der Waals surface area (Å²) in [5.41, 5.74) is 5.81. The van der Waals surface area contributed by atoms with Gasteiger partial charge in [-0.05, 0) is 60.7 Å². The number of pyridine rings is 4. The van der Waals surface area contributed by atoms with E-state index in [1.54, 1.807) is 31.0 Å². The Morgan fingerprint density at radius 3 is 2.50 bits per heavy atom. The molecule has 5 aromatic heterocycles. The molecule has 152 valence electrons. The van der Waals surface area contributed by atoms with Crippen molar-refractivity contribution in [3.8, 4) is 22.7 Å². The van der Waals surface area contributed by atoms with Gasteiger partial charge in [0.2, 0.25) is 5.89 Å². The van der Waals surface area contributed by atoms with Crippen LogP contribution in [0.15, 0.2) is 96.1 Å². The first-order valence-corrected chi connectivity index (χ1v) is 10.1. The molecule has 32 heavy (non-hydrogen) atoms. The van der Waals surface area contributed by atoms with Crippen molar-refractivity contribution in [1.29, 1.82) is 0 Å². The van der Waals surface area contributed by atoms with Crippen molar-refractivity contribution in [2.45, 2.75) is 0 Å². The molecule has 1 aromatic carbocycles. The Labute approximate surface area is 182 Å². The molecule has 0 fully saturated rings. The molecule has 0 atom stereocenters. The summed E-state index contributed by atoms with van der Waals surface area (Å²) in [5.74, 6) is 1.26. The predicted octanol–water partition coefficient (Wildman–Crippen LogP) is 5.64. The van der Waals surface area contributed by atoms with E-state index >= 15 is 0 Å². The number of fused-ring (bicyclic) bond motifs is 2. The molecule has 0 aliphatic rings. The second kappa shape index (κ2) is 7.55. The van der Waals surface area contributed by atoms with Gasteiger partial charge in [0.1, 0.15) is 11.3 Å². The van der Waals surface area contributed by atoms with E-state index < -0.39 is 0 Å². The highest BCUT2D eigenvalue weighted by atomic mass is 16.3. The highest BCUT2D eigenvalue weighted by molar-refractivity contribution is 5.94. The zero-order valence-corrected chi connectivity index (χ0v) is 16.8. The summed E-state index contributed by atoms with van der Waals surface area (Å²) in [7, 11) is 0. The standard InChI is InChI=1S/C25H16N6O/c1-3-17(15-27-9-1)25-31-22-13-18(5-6-23(22)32-25)29-24-19-4-2-10-28-21(19)14-20(30-24)16-7-11-26-12-8-16/h1-15H,(H,29,30). The Bertz CT molecular complexity index is 1550. The summed E-state index contributed by atoms with van der Waals surface area (Å²) in [6.45, 7) is 0. The minimum absolute atomic E-state index is 0.540. The monoisotopic (exact) mass is 416 g/mol. The zero-order chi connectivity index (χ0) is 21.3. The van der Waals surface area contributed by atoms with Crippen LogP contribution in [0.25, 0.3) is 44.7 Å². The van der Waals surface area contributed by atoms with E-state index in [0.29, 0.717) is 11.5 Å². The van der Waals surface area contributed by atoms with Gasteiger partial charge < -0.3 is 9.73 Å². The van der Waals surface area contributed by atoms with Crippen LogP contribution in [0, 0.1) is 0 Å². The molecule has 0 bridgehead atoms. The minimum Gasteiger partial charge on any atom is -0.436 e. The molecule has 0 radical (unpaired) electrons. The first kappa shape index (κ1) is 18.1. The smallest absolute Gasteiger partial charge is 0.228 e. The molecule has 0 aliphatic carbocycles. The second-order valence-electron chi connectivity index (χ2n) is 7.23. The van der Waals surface area contributed by atoms with E-state index in [4.69, 9.17) is 9.40 Å². The van der Waals surface area contributed by atoms with Crippen molar-refractivity contribution in [3.63, 3.8) is 0 Å². The molecule has 7 heteroatoms. The van der Waals surface area contributed by atoms with E-state index in [2.05, 4.69) is 25.3 Å². The molecule has 7 nitrogen and oxygen atoms in total. The molecule has 5 heterocycles. The van der Waals surface area contributed by atoms with Crippen molar-refractivity contribution >= 4 is 33.5 Å². The van der Waals surface area contributed by atoms with Crippen LogP contribution in [0.3, 0.4) is 0 Å². The average Bonchev–Trinajstić information content (AvgIpc) is 3.29. The maximum Gasteiger partial charge on any atom is 0.228 e. The second-order valence-corrected chi connectivity index (χ2v) is 7.23. The Hall–Kier alpha value is -4.65. The zero-order valence-electron chi connectivity index (χ0n) is 16.8. The quantitative estimate of drug-likeness (QED) is 0.398. The van der Waals surface area contributed by atoms with Gasteiger partial charge in [0.25, 0.3) is 0 Å². The minimum atomic E-state index is 0.540. The van der Waals surface area contributed by atoms with Gasteiger partial charge in [-0.15, -0.1) is 0 Å². The Morgan fingerprint density at radius 1 is 0.719 bits per heavy atom. The Balaban J connectivity index is 1.42. The molecule has 0 unspecified atom stereocenters. The fourth-order valence-electron chi connectivity index (χ4n) is 3.60. The van der Waals surface area contributed by atoms with E-state index in [1.165, 1.54) is 0 Å². The van der Waals surface area contributed by atoms with Gasteiger partial charge in [0, 0.05) is 47.6 Å². The van der Waals surface area contributed by atoms with Gasteiger partial charge in [0.15, 0.2) is 5.58 Å². The van der Waals surface area contributed by atoms with Crippen LogP contribution in [0.2, 0.25) is 0 Å². The van der Waals surface area contributed by atoms with Crippen LogP contribution in [-0.4, -0.2) is 24.9 Å². The summed E-state index contributed by atoms with van der Waals surface area (Å²) in [6.07, 6.45) is 8.75. The average molecular weight is 416 g/mol. The summed E-state index contributed by atoms with van der Waals surface area (Å²) in [6, 6.07) is 19.3. The summed E-state index contributed by atoms with van der Waals surface area (Å²) < 4.78 is 5.90. The first-order chi connectivity index (χ1) is 15.8. The van der Waals surface area contributed by atoms with E-state index in [0.717, 1.165) is 44.7 Å². The summed E-state index contributed by atoms with van der Waals surface area (Å²) in [5, 5.41) is 4.37. The van der Waals surface area contributed by atoms with Crippen LogP contribution >= 0.6 is 0 Å². The van der Waals surface area contributed by atoms with Crippen LogP contribution in [0.5, 0.6) is 0 Å². The largest absolute Gasteiger partial charge is 0.436 e. The predicted molar refractivity (Wildman–Crippen MR) is 123 cm³/mol. The van der Waals surface area contributed by atoms with Crippen LogP contribution in [0.4, 0.5) is 11.5 Å². The van der Waals surface area contributed by atoms with E-state index in [1.807, 2.05) is 60.7 Å². The number of nitrogens with zero attached hydrogens (tertiary/aromatic N) is 5. The topological polar surface area (TPSA) is 89.6 Å². The van der Waals surface area contributed by atoms with E-state index in [9.17, 15) is 0 Å². The molecule has 0 amide bonds. The van der Waals surface area contributed by atoms with Crippen LogP contribution in [-0.2, 0) is 0 Å². The van der Waals surface area contributed by atoms with Crippen LogP contribution in [0.1, 0.15) is 0 Å². The lowest BCUT2D eigenvalue weighted by Crippen LogP contribution is -1.97. The first-order valence-electron chi connectivity index (χ1n) is 10.1. The third kappa shape index (κ3) is 3.31. The number of anilines is 2. The molecule has 6 rings (SSSR count). The van der Waals surface area contributed by atoms with Crippen molar-refractivity contribution < 1.29 is 4.42 Å². The Morgan fingerprint density at radius 2 is 1.62 bits per heavy atom. The van der Waals surface area contributed by atoms with Crippen molar-refractivity contribution in [2.75, 3.05) is 5.32 Å². The molecule has 0 spiro atoms. The fourth-order valence-corrected chi connectivity index (χ4v) is 3.60. The highest BCUT2D eigenvalue weighted by Gasteiger charge is 2.12. The highest BCUT2D eigenvalue weighted by Crippen LogP contribution is 2.30. The summed E-state index contributed by atoms with van der Waals surface area (Å²) in [4.78, 5) is 22.3. The molecule has 0 saturated carbocycles. The van der Waals surface area contributed by atoms with Crippen molar-refractivity contribution in [3.05, 3.63) is 91.6 Å². The number of oxazole rings is 1. The molecular weight excluding hydrogens is 400 g/mol.